The van der Waals surface area contributed by atoms with Crippen molar-refractivity contribution in [3.63, 3.8) is 0 Å². The fourth-order valence-electron chi connectivity index (χ4n) is 3.84. The Kier molecular flexibility index (Phi) is 5.95. The summed E-state index contributed by atoms with van der Waals surface area (Å²) in [7, 11) is 1.64. The molecule has 0 aromatic heterocycles. The van der Waals surface area contributed by atoms with Crippen LogP contribution in [0, 0.1) is 5.92 Å². The van der Waals surface area contributed by atoms with E-state index in [-0.39, 0.29) is 24.3 Å². The maximum atomic E-state index is 12.7. The van der Waals surface area contributed by atoms with Crippen LogP contribution in [-0.4, -0.2) is 48.4 Å². The van der Waals surface area contributed by atoms with Crippen molar-refractivity contribution in [2.24, 2.45) is 5.92 Å². The minimum atomic E-state index is 0.0380. The Morgan fingerprint density at radius 3 is 2.60 bits per heavy atom. The van der Waals surface area contributed by atoms with E-state index in [1.807, 2.05) is 29.2 Å². The largest absolute Gasteiger partial charge is 0.497 e. The first kappa shape index (κ1) is 17.8. The number of carbonyl (C=O) groups excluding carboxylic acids is 2. The topological polar surface area (TPSA) is 49.9 Å². The Bertz CT molecular complexity index is 609. The molecule has 1 aromatic rings. The summed E-state index contributed by atoms with van der Waals surface area (Å²) in [6, 6.07) is 7.79. The van der Waals surface area contributed by atoms with Gasteiger partial charge in [-0.1, -0.05) is 37.8 Å². The first-order valence-corrected chi connectivity index (χ1v) is 9.37. The number of piperazine rings is 1. The molecule has 1 saturated heterocycles. The predicted molar refractivity (Wildman–Crippen MR) is 96.2 cm³/mol. The minimum Gasteiger partial charge on any atom is -0.497 e. The van der Waals surface area contributed by atoms with Crippen molar-refractivity contribution < 1.29 is 14.3 Å². The van der Waals surface area contributed by atoms with Gasteiger partial charge in [0.2, 0.25) is 11.8 Å². The van der Waals surface area contributed by atoms with E-state index in [9.17, 15) is 9.59 Å². The summed E-state index contributed by atoms with van der Waals surface area (Å²) in [5.74, 6) is 1.15. The van der Waals surface area contributed by atoms with Gasteiger partial charge in [-0.15, -0.1) is 0 Å². The van der Waals surface area contributed by atoms with Gasteiger partial charge in [0.25, 0.3) is 0 Å². The van der Waals surface area contributed by atoms with Crippen molar-refractivity contribution in [3.8, 4) is 5.75 Å². The van der Waals surface area contributed by atoms with Crippen LogP contribution in [0.5, 0.6) is 5.75 Å². The van der Waals surface area contributed by atoms with Crippen molar-refractivity contribution in [2.75, 3.05) is 26.7 Å². The molecule has 3 rings (SSSR count). The van der Waals surface area contributed by atoms with Gasteiger partial charge < -0.3 is 14.5 Å². The monoisotopic (exact) mass is 344 g/mol. The number of benzene rings is 1. The lowest BCUT2D eigenvalue weighted by Gasteiger charge is -2.36. The Hall–Kier alpha value is -2.04. The smallest absolute Gasteiger partial charge is 0.242 e. The van der Waals surface area contributed by atoms with Crippen LogP contribution in [0.25, 0.3) is 0 Å². The second-order valence-electron chi connectivity index (χ2n) is 7.12. The summed E-state index contributed by atoms with van der Waals surface area (Å²) < 4.78 is 5.24. The molecule has 1 heterocycles. The van der Waals surface area contributed by atoms with Crippen LogP contribution in [0.3, 0.4) is 0 Å². The molecular weight excluding hydrogens is 316 g/mol. The molecule has 0 bridgehead atoms. The summed E-state index contributed by atoms with van der Waals surface area (Å²) in [5, 5.41) is 0. The van der Waals surface area contributed by atoms with Gasteiger partial charge in [0.1, 0.15) is 5.75 Å². The number of methoxy groups -OCH3 is 1. The van der Waals surface area contributed by atoms with Crippen molar-refractivity contribution in [3.05, 3.63) is 29.8 Å². The van der Waals surface area contributed by atoms with Crippen molar-refractivity contribution >= 4 is 11.8 Å². The van der Waals surface area contributed by atoms with E-state index >= 15 is 0 Å². The van der Waals surface area contributed by atoms with Gasteiger partial charge in [0, 0.05) is 25.6 Å². The number of nitrogens with zero attached hydrogens (tertiary/aromatic N) is 2. The molecule has 0 radical (unpaired) electrons. The summed E-state index contributed by atoms with van der Waals surface area (Å²) in [5.41, 5.74) is 1.05. The standard InChI is InChI=1S/C20H28N2O3/c1-25-18-10-6-7-16(13-18)14-21-11-12-22(15-19(21)23)20(24)17-8-4-2-3-5-9-17/h6-7,10,13,17H,2-5,8-9,11-12,14-15H2,1H3. The third-order valence-electron chi connectivity index (χ3n) is 5.34. The highest BCUT2D eigenvalue weighted by Gasteiger charge is 2.31. The molecule has 2 amide bonds. The van der Waals surface area contributed by atoms with Crippen molar-refractivity contribution in [2.45, 2.75) is 45.1 Å². The van der Waals surface area contributed by atoms with E-state index in [1.165, 1.54) is 12.8 Å². The van der Waals surface area contributed by atoms with Gasteiger partial charge in [-0.3, -0.25) is 9.59 Å². The number of rotatable bonds is 4. The van der Waals surface area contributed by atoms with Gasteiger partial charge in [0.05, 0.1) is 13.7 Å². The number of hydrogen-bond acceptors (Lipinski definition) is 3. The lowest BCUT2D eigenvalue weighted by molar-refractivity contribution is -0.148. The number of hydrogen-bond donors (Lipinski definition) is 0. The molecule has 0 unspecified atom stereocenters. The van der Waals surface area contributed by atoms with Gasteiger partial charge in [0.15, 0.2) is 0 Å². The maximum Gasteiger partial charge on any atom is 0.242 e. The van der Waals surface area contributed by atoms with Crippen LogP contribution in [-0.2, 0) is 16.1 Å². The fourth-order valence-corrected chi connectivity index (χ4v) is 3.84. The number of amides is 2. The summed E-state index contributed by atoms with van der Waals surface area (Å²) in [4.78, 5) is 28.9. The molecular formula is C20H28N2O3. The van der Waals surface area contributed by atoms with Crippen molar-refractivity contribution in [1.29, 1.82) is 0 Å². The quantitative estimate of drug-likeness (QED) is 0.789. The van der Waals surface area contributed by atoms with Gasteiger partial charge in [-0.25, -0.2) is 0 Å². The predicted octanol–water partition coefficient (Wildman–Crippen LogP) is 2.84. The first-order chi connectivity index (χ1) is 12.2. The lowest BCUT2D eigenvalue weighted by atomic mass is 9.98. The highest BCUT2D eigenvalue weighted by atomic mass is 16.5. The normalized spacial score (nSPS) is 19.6. The van der Waals surface area contributed by atoms with E-state index < -0.39 is 0 Å². The van der Waals surface area contributed by atoms with Crippen LogP contribution < -0.4 is 4.74 Å². The van der Waals surface area contributed by atoms with Crippen molar-refractivity contribution in [1.82, 2.24) is 9.80 Å². The van der Waals surface area contributed by atoms with Crippen LogP contribution in [0.2, 0.25) is 0 Å². The molecule has 1 aromatic carbocycles. The highest BCUT2D eigenvalue weighted by Crippen LogP contribution is 2.25. The summed E-state index contributed by atoms with van der Waals surface area (Å²) in [6.45, 7) is 2.04. The molecule has 0 atom stereocenters. The van der Waals surface area contributed by atoms with Gasteiger partial charge in [-0.2, -0.15) is 0 Å². The molecule has 5 heteroatoms. The average molecular weight is 344 g/mol. The molecule has 0 N–H and O–H groups in total. The first-order valence-electron chi connectivity index (χ1n) is 9.37. The molecule has 2 fully saturated rings. The van der Waals surface area contributed by atoms with Gasteiger partial charge >= 0.3 is 0 Å². The highest BCUT2D eigenvalue weighted by molar-refractivity contribution is 5.87. The molecule has 5 nitrogen and oxygen atoms in total. The number of ether oxygens (including phenoxy) is 1. The second-order valence-corrected chi connectivity index (χ2v) is 7.12. The summed E-state index contributed by atoms with van der Waals surface area (Å²) in [6.07, 6.45) is 6.71. The zero-order valence-electron chi connectivity index (χ0n) is 15.1. The fraction of sp³-hybridized carbons (Fsp3) is 0.600. The third kappa shape index (κ3) is 4.53. The molecule has 1 saturated carbocycles. The Morgan fingerprint density at radius 1 is 1.16 bits per heavy atom. The molecule has 1 aliphatic carbocycles. The van der Waals surface area contributed by atoms with Crippen LogP contribution in [0.1, 0.15) is 44.1 Å². The SMILES string of the molecule is COc1cccc(CN2CCN(C(=O)C3CCCCCC3)CC2=O)c1. The van der Waals surface area contributed by atoms with E-state index in [4.69, 9.17) is 4.74 Å². The Morgan fingerprint density at radius 2 is 1.92 bits per heavy atom. The van der Waals surface area contributed by atoms with Gasteiger partial charge in [-0.05, 0) is 30.5 Å². The van der Waals surface area contributed by atoms with E-state index in [1.54, 1.807) is 12.0 Å². The molecule has 1 aliphatic heterocycles. The van der Waals surface area contributed by atoms with E-state index in [0.29, 0.717) is 19.6 Å². The van der Waals surface area contributed by atoms with E-state index in [2.05, 4.69) is 0 Å². The lowest BCUT2D eigenvalue weighted by Crippen LogP contribution is -2.53. The zero-order valence-corrected chi connectivity index (χ0v) is 15.1. The third-order valence-corrected chi connectivity index (χ3v) is 5.34. The van der Waals surface area contributed by atoms with Crippen LogP contribution in [0.15, 0.2) is 24.3 Å². The molecule has 136 valence electrons. The van der Waals surface area contributed by atoms with E-state index in [0.717, 1.165) is 37.0 Å². The summed E-state index contributed by atoms with van der Waals surface area (Å²) >= 11 is 0. The maximum absolute atomic E-state index is 12.7. The second kappa shape index (κ2) is 8.37. The van der Waals surface area contributed by atoms with Crippen LogP contribution in [0.4, 0.5) is 0 Å². The average Bonchev–Trinajstić information content (AvgIpc) is 2.92. The minimum absolute atomic E-state index is 0.0380. The molecule has 2 aliphatic rings. The molecule has 0 spiro atoms. The Labute approximate surface area is 149 Å². The van der Waals surface area contributed by atoms with Crippen LogP contribution >= 0.6 is 0 Å². The number of carbonyl (C=O) groups is 2. The zero-order chi connectivity index (χ0) is 17.6. The Balaban J connectivity index is 1.56. The molecule has 25 heavy (non-hydrogen) atoms.